The zero-order chi connectivity index (χ0) is 42.6. The first-order valence-electron chi connectivity index (χ1n) is 17.8. The van der Waals surface area contributed by atoms with E-state index < -0.39 is 120 Å². The minimum Gasteiger partial charge on any atom is -0.481 e. The van der Waals surface area contributed by atoms with E-state index in [1.54, 1.807) is 27.7 Å². The van der Waals surface area contributed by atoms with Crippen LogP contribution in [0.15, 0.2) is 0 Å². The van der Waals surface area contributed by atoms with Crippen LogP contribution in [0.5, 0.6) is 0 Å². The van der Waals surface area contributed by atoms with Gasteiger partial charge in [-0.25, -0.2) is 4.79 Å². The highest BCUT2D eigenvalue weighted by Gasteiger charge is 2.34. The average molecular weight is 787 g/mol. The van der Waals surface area contributed by atoms with E-state index in [0.717, 1.165) is 0 Å². The lowest BCUT2D eigenvalue weighted by Gasteiger charge is -2.27. The summed E-state index contributed by atoms with van der Waals surface area (Å²) in [6.07, 6.45) is -1.32. The number of carboxylic acid groups (broad SMARTS) is 2. The van der Waals surface area contributed by atoms with Crippen LogP contribution in [0.3, 0.4) is 0 Å². The van der Waals surface area contributed by atoms with Crippen LogP contribution in [-0.4, -0.2) is 118 Å². The lowest BCUT2D eigenvalue weighted by molar-refractivity contribution is -0.144. The molecule has 0 bridgehead atoms. The van der Waals surface area contributed by atoms with Crippen LogP contribution < -0.4 is 54.8 Å². The molecule has 0 aromatic carbocycles. The van der Waals surface area contributed by atoms with Crippen LogP contribution in [0.4, 0.5) is 0 Å². The molecule has 7 atom stereocenters. The number of unbranched alkanes of at least 4 members (excludes halogenated alkanes) is 1. The second-order valence-electron chi connectivity index (χ2n) is 13.8. The van der Waals surface area contributed by atoms with Crippen molar-refractivity contribution in [3.63, 3.8) is 0 Å². The van der Waals surface area contributed by atoms with Crippen molar-refractivity contribution in [2.24, 2.45) is 34.8 Å². The van der Waals surface area contributed by atoms with Gasteiger partial charge in [0.2, 0.25) is 47.3 Å². The topological polar surface area (TPSA) is 387 Å². The average Bonchev–Trinajstić information content (AvgIpc) is 3.06. The van der Waals surface area contributed by atoms with E-state index in [-0.39, 0.29) is 38.1 Å². The molecule has 0 spiro atoms. The molecule has 0 aliphatic rings. The molecule has 0 aliphatic heterocycles. The van der Waals surface area contributed by atoms with Crippen molar-refractivity contribution >= 4 is 59.2 Å². The molecule has 0 saturated heterocycles. The maximum atomic E-state index is 13.6. The van der Waals surface area contributed by atoms with Crippen molar-refractivity contribution in [3.8, 4) is 0 Å². The number of nitrogens with one attached hydrogen (secondary N) is 6. The predicted octanol–water partition coefficient (Wildman–Crippen LogP) is -4.23. The second kappa shape index (κ2) is 24.8. The first-order chi connectivity index (χ1) is 25.5. The number of hydrogen-bond donors (Lipinski definition) is 12. The Labute approximate surface area is 318 Å². The zero-order valence-corrected chi connectivity index (χ0v) is 31.8. The summed E-state index contributed by atoms with van der Waals surface area (Å²) < 4.78 is 0. The van der Waals surface area contributed by atoms with Crippen molar-refractivity contribution < 1.29 is 58.2 Å². The van der Waals surface area contributed by atoms with Gasteiger partial charge in [-0.1, -0.05) is 27.7 Å². The van der Waals surface area contributed by atoms with Crippen molar-refractivity contribution in [2.75, 3.05) is 6.54 Å². The molecule has 312 valence electrons. The van der Waals surface area contributed by atoms with Gasteiger partial charge in [-0.15, -0.1) is 0 Å². The summed E-state index contributed by atoms with van der Waals surface area (Å²) in [7, 11) is 0. The fraction of sp³-hybridized carbons (Fsp3) is 0.697. The van der Waals surface area contributed by atoms with Crippen molar-refractivity contribution in [1.29, 1.82) is 0 Å². The summed E-state index contributed by atoms with van der Waals surface area (Å²) in [5, 5.41) is 32.5. The van der Waals surface area contributed by atoms with E-state index in [1.165, 1.54) is 6.92 Å². The first kappa shape index (κ1) is 49.6. The summed E-state index contributed by atoms with van der Waals surface area (Å²) in [4.78, 5) is 125. The van der Waals surface area contributed by atoms with E-state index in [1.807, 2.05) is 0 Å². The fourth-order valence-electron chi connectivity index (χ4n) is 4.96. The Balaban J connectivity index is 6.05. The Morgan fingerprint density at radius 1 is 0.564 bits per heavy atom. The van der Waals surface area contributed by atoms with Crippen LogP contribution in [0.1, 0.15) is 86.0 Å². The zero-order valence-electron chi connectivity index (χ0n) is 31.8. The van der Waals surface area contributed by atoms with Gasteiger partial charge in [0, 0.05) is 6.42 Å². The molecule has 0 aromatic rings. The van der Waals surface area contributed by atoms with E-state index in [0.29, 0.717) is 12.8 Å². The SMILES string of the molecule is CC(C)C[C@H](NC(=O)[C@H](CC(N)=O)NC(=O)[C@H](CCCCN)NC(=O)[C@H](C)NC(=O)[C@@H](NC(=O)[C@@H](N)CCC(=O)O)C(C)C)C(=O)N[C@@H](CC(N)=O)C(=O)O. The summed E-state index contributed by atoms with van der Waals surface area (Å²) in [5.41, 5.74) is 21.8. The Morgan fingerprint density at radius 3 is 1.55 bits per heavy atom. The van der Waals surface area contributed by atoms with Gasteiger partial charge in [0.1, 0.15) is 36.3 Å². The molecule has 55 heavy (non-hydrogen) atoms. The van der Waals surface area contributed by atoms with Crippen molar-refractivity contribution in [1.82, 2.24) is 31.9 Å². The molecular formula is C33H58N10O12. The molecule has 16 N–H and O–H groups in total. The number of carboxylic acids is 2. The minimum absolute atomic E-state index is 0.00587. The standard InChI is InChI=1S/C33H58N10O12/c1-15(2)12-20(30(51)42-22(33(54)55)14-24(37)45)40-31(52)21(13-23(36)44)41-29(50)19(8-6-7-11-34)39-27(48)17(5)38-32(53)26(16(3)4)43-28(49)18(35)9-10-25(46)47/h15-22,26H,6-14,34-35H2,1-5H3,(H2,36,44)(H2,37,45)(H,38,53)(H,39,48)(H,40,52)(H,41,50)(H,42,51)(H,43,49)(H,46,47)(H,54,55)/t17-,18-,19-,20-,21-,22-,26-/m0/s1. The molecule has 22 nitrogen and oxygen atoms in total. The molecule has 0 aliphatic carbocycles. The van der Waals surface area contributed by atoms with E-state index in [2.05, 4.69) is 31.9 Å². The third-order valence-electron chi connectivity index (χ3n) is 7.98. The molecule has 0 radical (unpaired) electrons. The molecule has 0 rings (SSSR count). The van der Waals surface area contributed by atoms with Gasteiger partial charge < -0.3 is 65.0 Å². The molecule has 0 unspecified atom stereocenters. The largest absolute Gasteiger partial charge is 0.481 e. The van der Waals surface area contributed by atoms with Crippen LogP contribution >= 0.6 is 0 Å². The quantitative estimate of drug-likeness (QED) is 0.0351. The minimum atomic E-state index is -1.70. The highest BCUT2D eigenvalue weighted by molar-refractivity contribution is 5.98. The van der Waals surface area contributed by atoms with Gasteiger partial charge in [-0.2, -0.15) is 0 Å². The van der Waals surface area contributed by atoms with E-state index in [9.17, 15) is 53.1 Å². The third kappa shape index (κ3) is 20.0. The van der Waals surface area contributed by atoms with Gasteiger partial charge in [0.15, 0.2) is 0 Å². The smallest absolute Gasteiger partial charge is 0.326 e. The van der Waals surface area contributed by atoms with Crippen molar-refractivity contribution in [3.05, 3.63) is 0 Å². The number of carbonyl (C=O) groups is 10. The monoisotopic (exact) mass is 786 g/mol. The fourth-order valence-corrected chi connectivity index (χ4v) is 4.96. The molecule has 8 amide bonds. The van der Waals surface area contributed by atoms with Gasteiger partial charge >= 0.3 is 11.9 Å². The lowest BCUT2D eigenvalue weighted by atomic mass is 10.0. The summed E-state index contributed by atoms with van der Waals surface area (Å²) in [6.45, 7) is 8.17. The number of amides is 8. The van der Waals surface area contributed by atoms with Gasteiger partial charge in [-0.3, -0.25) is 43.2 Å². The first-order valence-corrected chi connectivity index (χ1v) is 17.8. The highest BCUT2D eigenvalue weighted by Crippen LogP contribution is 2.09. The Kier molecular flexibility index (Phi) is 22.4. The number of aliphatic carboxylic acids is 2. The number of primary amides is 2. The predicted molar refractivity (Wildman–Crippen MR) is 195 cm³/mol. The van der Waals surface area contributed by atoms with Gasteiger partial charge in [-0.05, 0) is 57.4 Å². The van der Waals surface area contributed by atoms with Crippen LogP contribution in [-0.2, 0) is 47.9 Å². The van der Waals surface area contributed by atoms with Crippen LogP contribution in [0.25, 0.3) is 0 Å². The van der Waals surface area contributed by atoms with Crippen LogP contribution in [0.2, 0.25) is 0 Å². The summed E-state index contributed by atoms with van der Waals surface area (Å²) in [6, 6.07) is -9.76. The highest BCUT2D eigenvalue weighted by atomic mass is 16.4. The molecule has 22 heteroatoms. The van der Waals surface area contributed by atoms with Gasteiger partial charge in [0.25, 0.3) is 0 Å². The number of carbonyl (C=O) groups excluding carboxylic acids is 8. The lowest BCUT2D eigenvalue weighted by Crippen LogP contribution is -2.60. The molecular weight excluding hydrogens is 728 g/mol. The van der Waals surface area contributed by atoms with Crippen LogP contribution in [0, 0.1) is 11.8 Å². The Hall–Kier alpha value is -5.38. The third-order valence-corrected chi connectivity index (χ3v) is 7.98. The van der Waals surface area contributed by atoms with E-state index >= 15 is 0 Å². The number of nitrogens with two attached hydrogens (primary N) is 4. The molecule has 0 saturated carbocycles. The number of rotatable bonds is 27. The van der Waals surface area contributed by atoms with E-state index in [4.69, 9.17) is 28.0 Å². The second-order valence-corrected chi connectivity index (χ2v) is 13.8. The molecule has 0 aromatic heterocycles. The number of hydrogen-bond acceptors (Lipinski definition) is 12. The normalized spacial score (nSPS) is 14.9. The summed E-state index contributed by atoms with van der Waals surface area (Å²) in [5.74, 6) is -10.8. The Morgan fingerprint density at radius 2 is 1.05 bits per heavy atom. The summed E-state index contributed by atoms with van der Waals surface area (Å²) >= 11 is 0. The maximum absolute atomic E-state index is 13.6. The Bertz CT molecular complexity index is 1390. The van der Waals surface area contributed by atoms with Crippen molar-refractivity contribution in [2.45, 2.75) is 128 Å². The molecule has 0 fully saturated rings. The molecule has 0 heterocycles. The van der Waals surface area contributed by atoms with Gasteiger partial charge in [0.05, 0.1) is 18.9 Å². The maximum Gasteiger partial charge on any atom is 0.326 e.